The van der Waals surface area contributed by atoms with Gasteiger partial charge in [-0.2, -0.15) is 0 Å². The van der Waals surface area contributed by atoms with Crippen molar-refractivity contribution in [2.45, 2.75) is 56.1 Å². The molecular formula is C14H23N3O3S. The lowest BCUT2D eigenvalue weighted by Gasteiger charge is -2.25. The molecule has 1 aliphatic carbocycles. The normalized spacial score (nSPS) is 23.0. The fourth-order valence-corrected chi connectivity index (χ4v) is 3.63. The van der Waals surface area contributed by atoms with Crippen molar-refractivity contribution < 1.29 is 13.5 Å². The van der Waals surface area contributed by atoms with Crippen LogP contribution in [0.1, 0.15) is 39.0 Å². The molecule has 118 valence electrons. The smallest absolute Gasteiger partial charge is 0.242 e. The highest BCUT2D eigenvalue weighted by Gasteiger charge is 2.24. The summed E-state index contributed by atoms with van der Waals surface area (Å²) in [5.74, 6) is 0.677. The lowest BCUT2D eigenvalue weighted by atomic mass is 9.94. The van der Waals surface area contributed by atoms with Crippen LogP contribution in [0.4, 0.5) is 5.82 Å². The van der Waals surface area contributed by atoms with Gasteiger partial charge in [-0.3, -0.25) is 0 Å². The predicted molar refractivity (Wildman–Crippen MR) is 81.6 cm³/mol. The van der Waals surface area contributed by atoms with Gasteiger partial charge in [-0.1, -0.05) is 6.92 Å². The Kier molecular flexibility index (Phi) is 5.55. The largest absolute Gasteiger partial charge is 0.393 e. The van der Waals surface area contributed by atoms with E-state index in [4.69, 9.17) is 0 Å². The quantitative estimate of drug-likeness (QED) is 0.740. The van der Waals surface area contributed by atoms with Crippen LogP contribution in [-0.4, -0.2) is 37.2 Å². The third-order valence-corrected chi connectivity index (χ3v) is 5.13. The molecule has 3 N–H and O–H groups in total. The molecule has 2 rings (SSSR count). The Morgan fingerprint density at radius 3 is 2.57 bits per heavy atom. The zero-order valence-corrected chi connectivity index (χ0v) is 13.1. The third kappa shape index (κ3) is 4.66. The first-order chi connectivity index (χ1) is 10.0. The summed E-state index contributed by atoms with van der Waals surface area (Å²) in [4.78, 5) is 4.29. The zero-order valence-electron chi connectivity index (χ0n) is 12.2. The third-order valence-electron chi connectivity index (χ3n) is 3.62. The standard InChI is InChI=1S/C14H23N3O3S/c1-2-9-15-14-8-7-13(10-16-14)21(19,20)17-11-3-5-12(18)6-4-11/h7-8,10-12,17-18H,2-6,9H2,1H3,(H,15,16). The molecule has 0 unspecified atom stereocenters. The molecule has 1 aliphatic rings. The molecule has 0 aliphatic heterocycles. The van der Waals surface area contributed by atoms with E-state index >= 15 is 0 Å². The monoisotopic (exact) mass is 313 g/mol. The van der Waals surface area contributed by atoms with Crippen LogP contribution in [0.25, 0.3) is 0 Å². The van der Waals surface area contributed by atoms with Gasteiger partial charge in [0.05, 0.1) is 6.10 Å². The summed E-state index contributed by atoms with van der Waals surface area (Å²) in [6.07, 6.45) is 4.69. The minimum Gasteiger partial charge on any atom is -0.393 e. The molecule has 0 aromatic carbocycles. The number of aliphatic hydroxyl groups is 1. The summed E-state index contributed by atoms with van der Waals surface area (Å²) >= 11 is 0. The molecule has 1 aromatic heterocycles. The zero-order chi connectivity index (χ0) is 15.3. The highest BCUT2D eigenvalue weighted by molar-refractivity contribution is 7.89. The van der Waals surface area contributed by atoms with Crippen LogP contribution in [0, 0.1) is 0 Å². The maximum Gasteiger partial charge on any atom is 0.242 e. The summed E-state index contributed by atoms with van der Waals surface area (Å²) in [7, 11) is -3.54. The van der Waals surface area contributed by atoms with E-state index in [1.165, 1.54) is 6.20 Å². The van der Waals surface area contributed by atoms with Gasteiger partial charge in [0.15, 0.2) is 0 Å². The molecule has 6 nitrogen and oxygen atoms in total. The molecule has 0 saturated heterocycles. The maximum atomic E-state index is 12.3. The second-order valence-electron chi connectivity index (χ2n) is 5.43. The lowest BCUT2D eigenvalue weighted by molar-refractivity contribution is 0.120. The van der Waals surface area contributed by atoms with Gasteiger partial charge in [-0.25, -0.2) is 18.1 Å². The van der Waals surface area contributed by atoms with Crippen molar-refractivity contribution in [3.63, 3.8) is 0 Å². The van der Waals surface area contributed by atoms with Crippen molar-refractivity contribution in [2.75, 3.05) is 11.9 Å². The van der Waals surface area contributed by atoms with Crippen molar-refractivity contribution in [1.82, 2.24) is 9.71 Å². The van der Waals surface area contributed by atoms with E-state index in [1.807, 2.05) is 0 Å². The highest BCUT2D eigenvalue weighted by Crippen LogP contribution is 2.20. The Hall–Kier alpha value is -1.18. The van der Waals surface area contributed by atoms with Crippen LogP contribution in [0.2, 0.25) is 0 Å². The van der Waals surface area contributed by atoms with Crippen molar-refractivity contribution in [1.29, 1.82) is 0 Å². The van der Waals surface area contributed by atoms with Crippen molar-refractivity contribution in [3.8, 4) is 0 Å². The molecule has 1 aromatic rings. The van der Waals surface area contributed by atoms with E-state index in [1.54, 1.807) is 12.1 Å². The Morgan fingerprint density at radius 2 is 2.00 bits per heavy atom. The first-order valence-corrected chi connectivity index (χ1v) is 8.90. The Labute approximate surface area is 126 Å². The van der Waals surface area contributed by atoms with Crippen LogP contribution < -0.4 is 10.0 Å². The fourth-order valence-electron chi connectivity index (χ4n) is 2.38. The predicted octanol–water partition coefficient (Wildman–Crippen LogP) is 1.49. The van der Waals surface area contributed by atoms with Gasteiger partial charge in [-0.05, 0) is 44.2 Å². The summed E-state index contributed by atoms with van der Waals surface area (Å²) < 4.78 is 27.2. The van der Waals surface area contributed by atoms with Gasteiger partial charge in [0.2, 0.25) is 10.0 Å². The van der Waals surface area contributed by atoms with E-state index < -0.39 is 10.0 Å². The molecule has 21 heavy (non-hydrogen) atoms. The van der Waals surface area contributed by atoms with Gasteiger partial charge < -0.3 is 10.4 Å². The number of hydrogen-bond acceptors (Lipinski definition) is 5. The number of aliphatic hydroxyl groups excluding tert-OH is 1. The molecule has 1 saturated carbocycles. The fraction of sp³-hybridized carbons (Fsp3) is 0.643. The minimum atomic E-state index is -3.54. The number of nitrogens with zero attached hydrogens (tertiary/aromatic N) is 1. The summed E-state index contributed by atoms with van der Waals surface area (Å²) in [5.41, 5.74) is 0. The van der Waals surface area contributed by atoms with Crippen LogP contribution in [-0.2, 0) is 10.0 Å². The average molecular weight is 313 g/mol. The highest BCUT2D eigenvalue weighted by atomic mass is 32.2. The molecule has 1 heterocycles. The van der Waals surface area contributed by atoms with Gasteiger partial charge >= 0.3 is 0 Å². The van der Waals surface area contributed by atoms with Crippen LogP contribution in [0.3, 0.4) is 0 Å². The topological polar surface area (TPSA) is 91.3 Å². The lowest BCUT2D eigenvalue weighted by Crippen LogP contribution is -2.38. The number of pyridine rings is 1. The van der Waals surface area contributed by atoms with Gasteiger partial charge in [0.25, 0.3) is 0 Å². The van der Waals surface area contributed by atoms with Crippen LogP contribution in [0.15, 0.2) is 23.2 Å². The van der Waals surface area contributed by atoms with E-state index in [2.05, 4.69) is 21.9 Å². The maximum absolute atomic E-state index is 12.3. The number of anilines is 1. The molecular weight excluding hydrogens is 290 g/mol. The Balaban J connectivity index is 1.98. The first-order valence-electron chi connectivity index (χ1n) is 7.41. The molecule has 0 radical (unpaired) electrons. The summed E-state index contributed by atoms with van der Waals surface area (Å²) in [6, 6.07) is 3.14. The van der Waals surface area contributed by atoms with Crippen molar-refractivity contribution >= 4 is 15.8 Å². The van der Waals surface area contributed by atoms with E-state index in [9.17, 15) is 13.5 Å². The minimum absolute atomic E-state index is 0.101. The van der Waals surface area contributed by atoms with Gasteiger partial charge in [0, 0.05) is 18.8 Å². The van der Waals surface area contributed by atoms with Crippen molar-refractivity contribution in [2.24, 2.45) is 0 Å². The van der Waals surface area contributed by atoms with Gasteiger partial charge in [0.1, 0.15) is 10.7 Å². The SMILES string of the molecule is CCCNc1ccc(S(=O)(=O)NC2CCC(O)CC2)cn1. The second-order valence-corrected chi connectivity index (χ2v) is 7.15. The molecule has 0 amide bonds. The average Bonchev–Trinajstić information content (AvgIpc) is 2.48. The molecule has 1 fully saturated rings. The van der Waals surface area contributed by atoms with Crippen LogP contribution in [0.5, 0.6) is 0 Å². The number of aromatic nitrogens is 1. The molecule has 0 bridgehead atoms. The first kappa shape index (κ1) is 16.2. The number of nitrogens with one attached hydrogen (secondary N) is 2. The van der Waals surface area contributed by atoms with Gasteiger partial charge in [-0.15, -0.1) is 0 Å². The molecule has 0 atom stereocenters. The molecule has 0 spiro atoms. The van der Waals surface area contributed by atoms with Crippen molar-refractivity contribution in [3.05, 3.63) is 18.3 Å². The molecule has 7 heteroatoms. The second kappa shape index (κ2) is 7.20. The van der Waals surface area contributed by atoms with E-state index in [0.29, 0.717) is 31.5 Å². The summed E-state index contributed by atoms with van der Waals surface area (Å²) in [5, 5.41) is 12.6. The van der Waals surface area contributed by atoms with E-state index in [0.717, 1.165) is 13.0 Å². The number of rotatable bonds is 6. The van der Waals surface area contributed by atoms with Crippen LogP contribution >= 0.6 is 0 Å². The number of sulfonamides is 1. The number of hydrogen-bond donors (Lipinski definition) is 3. The Bertz CT molecular complexity index is 537. The Morgan fingerprint density at radius 1 is 1.29 bits per heavy atom. The van der Waals surface area contributed by atoms with E-state index in [-0.39, 0.29) is 17.0 Å². The summed E-state index contributed by atoms with van der Waals surface area (Å²) in [6.45, 7) is 2.86.